The number of ether oxygens (including phenoxy) is 1. The van der Waals surface area contributed by atoms with Gasteiger partial charge in [-0.1, -0.05) is 49.7 Å². The summed E-state index contributed by atoms with van der Waals surface area (Å²) < 4.78 is 48.2. The molecule has 10 heteroatoms. The van der Waals surface area contributed by atoms with Gasteiger partial charge in [-0.3, -0.25) is 9.69 Å². The first kappa shape index (κ1) is 28.8. The zero-order valence-corrected chi connectivity index (χ0v) is 23.3. The SMILES string of the molecule is CCCCN(CC(=O)N1c2ccccc2-n2cccc2C1c1ccc(OC)cc1)C(=O)Nc1ccccc1C(F)(F)F. The third-order valence-corrected chi connectivity index (χ3v) is 7.29. The number of fused-ring (bicyclic) bond motifs is 3. The van der Waals surface area contributed by atoms with Crippen LogP contribution in [-0.2, 0) is 11.0 Å². The van der Waals surface area contributed by atoms with Crippen molar-refractivity contribution in [2.75, 3.05) is 30.4 Å². The van der Waals surface area contributed by atoms with Crippen LogP contribution in [0.2, 0.25) is 0 Å². The van der Waals surface area contributed by atoms with E-state index in [0.29, 0.717) is 17.9 Å². The average Bonchev–Trinajstić information content (AvgIpc) is 3.48. The predicted octanol–water partition coefficient (Wildman–Crippen LogP) is 7.27. The number of para-hydroxylation sites is 3. The van der Waals surface area contributed by atoms with Crippen LogP contribution in [0.1, 0.15) is 42.6 Å². The van der Waals surface area contributed by atoms with Gasteiger partial charge < -0.3 is 19.5 Å². The quantitative estimate of drug-likeness (QED) is 0.240. The number of hydrogen-bond donors (Lipinski definition) is 1. The summed E-state index contributed by atoms with van der Waals surface area (Å²) in [6, 6.07) is 22.3. The second-order valence-corrected chi connectivity index (χ2v) is 9.98. The Balaban J connectivity index is 1.50. The number of hydrogen-bond acceptors (Lipinski definition) is 3. The van der Waals surface area contributed by atoms with Crippen LogP contribution in [-0.4, -0.2) is 41.6 Å². The molecule has 2 heterocycles. The Morgan fingerprint density at radius 2 is 1.62 bits per heavy atom. The van der Waals surface area contributed by atoms with E-state index in [0.717, 1.165) is 29.4 Å². The fraction of sp³-hybridized carbons (Fsp3) is 0.250. The number of alkyl halides is 3. The summed E-state index contributed by atoms with van der Waals surface area (Å²) in [6.07, 6.45) is -1.41. The fourth-order valence-corrected chi connectivity index (χ4v) is 5.24. The Morgan fingerprint density at radius 1 is 0.929 bits per heavy atom. The van der Waals surface area contributed by atoms with Gasteiger partial charge in [-0.15, -0.1) is 0 Å². The maximum absolute atomic E-state index is 14.2. The largest absolute Gasteiger partial charge is 0.497 e. The molecule has 1 atom stereocenters. The Hall–Kier alpha value is -4.73. The van der Waals surface area contributed by atoms with Gasteiger partial charge in [0, 0.05) is 12.7 Å². The summed E-state index contributed by atoms with van der Waals surface area (Å²) in [4.78, 5) is 30.6. The van der Waals surface area contributed by atoms with Crippen molar-refractivity contribution >= 4 is 23.3 Å². The molecular formula is C32H31F3N4O3. The smallest absolute Gasteiger partial charge is 0.418 e. The predicted molar refractivity (Wildman–Crippen MR) is 155 cm³/mol. The molecule has 0 fully saturated rings. The Bertz CT molecular complexity index is 1570. The molecule has 0 spiro atoms. The summed E-state index contributed by atoms with van der Waals surface area (Å²) in [5.74, 6) is 0.302. The van der Waals surface area contributed by atoms with E-state index in [1.165, 1.54) is 23.1 Å². The van der Waals surface area contributed by atoms with Crippen molar-refractivity contribution in [2.45, 2.75) is 32.0 Å². The third kappa shape index (κ3) is 5.70. The zero-order valence-electron chi connectivity index (χ0n) is 23.3. The summed E-state index contributed by atoms with van der Waals surface area (Å²) in [6.45, 7) is 1.80. The highest BCUT2D eigenvalue weighted by Gasteiger charge is 2.38. The molecule has 1 unspecified atom stereocenters. The number of aromatic nitrogens is 1. The van der Waals surface area contributed by atoms with Crippen molar-refractivity contribution < 1.29 is 27.5 Å². The van der Waals surface area contributed by atoms with E-state index >= 15 is 0 Å². The lowest BCUT2D eigenvalue weighted by Gasteiger charge is -2.39. The van der Waals surface area contributed by atoms with Crippen LogP contribution in [0.4, 0.5) is 29.3 Å². The Kier molecular flexibility index (Phi) is 8.24. The minimum Gasteiger partial charge on any atom is -0.497 e. The van der Waals surface area contributed by atoms with Gasteiger partial charge in [-0.05, 0) is 60.5 Å². The maximum Gasteiger partial charge on any atom is 0.418 e. The molecule has 0 radical (unpaired) electrons. The van der Waals surface area contributed by atoms with E-state index in [1.807, 2.05) is 78.4 Å². The highest BCUT2D eigenvalue weighted by atomic mass is 19.4. The molecule has 3 aromatic carbocycles. The lowest BCUT2D eigenvalue weighted by molar-refractivity contribution is -0.137. The summed E-state index contributed by atoms with van der Waals surface area (Å²) in [5, 5.41) is 2.40. The first-order chi connectivity index (χ1) is 20.2. The van der Waals surface area contributed by atoms with Crippen molar-refractivity contribution in [1.29, 1.82) is 0 Å². The number of anilines is 2. The van der Waals surface area contributed by atoms with Gasteiger partial charge >= 0.3 is 12.2 Å². The number of carbonyl (C=O) groups is 2. The number of unbranched alkanes of at least 4 members (excludes halogenated alkanes) is 1. The van der Waals surface area contributed by atoms with Crippen molar-refractivity contribution in [3.05, 3.63) is 108 Å². The average molecular weight is 577 g/mol. The first-order valence-electron chi connectivity index (χ1n) is 13.7. The van der Waals surface area contributed by atoms with E-state index in [2.05, 4.69) is 5.32 Å². The lowest BCUT2D eigenvalue weighted by Crippen LogP contribution is -2.48. The third-order valence-electron chi connectivity index (χ3n) is 7.29. The van der Waals surface area contributed by atoms with Gasteiger partial charge in [0.15, 0.2) is 0 Å². The summed E-state index contributed by atoms with van der Waals surface area (Å²) >= 11 is 0. The van der Waals surface area contributed by atoms with Gasteiger partial charge in [-0.2, -0.15) is 13.2 Å². The van der Waals surface area contributed by atoms with Crippen LogP contribution in [0.5, 0.6) is 5.75 Å². The summed E-state index contributed by atoms with van der Waals surface area (Å²) in [5.41, 5.74) is 1.84. The van der Waals surface area contributed by atoms with E-state index < -0.39 is 23.8 Å². The van der Waals surface area contributed by atoms with Crippen molar-refractivity contribution in [3.8, 4) is 11.4 Å². The van der Waals surface area contributed by atoms with Gasteiger partial charge in [0.25, 0.3) is 0 Å². The molecule has 218 valence electrons. The normalized spacial score (nSPS) is 14.1. The van der Waals surface area contributed by atoms with E-state index in [9.17, 15) is 22.8 Å². The number of halogens is 3. The number of methoxy groups -OCH3 is 1. The Morgan fingerprint density at radius 3 is 2.31 bits per heavy atom. The number of carbonyl (C=O) groups excluding carboxylic acids is 2. The standard InChI is InChI=1S/C32H31F3N4O3/c1-3-4-19-37(31(41)36-25-11-6-5-10-24(25)32(33,34)35)21-29(40)39-27-13-8-7-12-26(27)38-20-9-14-28(38)30(39)22-15-17-23(42-2)18-16-22/h5-18,20,30H,3-4,19,21H2,1-2H3,(H,36,41). The molecule has 1 aromatic heterocycles. The number of nitrogens with one attached hydrogen (secondary N) is 1. The maximum atomic E-state index is 14.2. The second-order valence-electron chi connectivity index (χ2n) is 9.98. The second kappa shape index (κ2) is 12.0. The van der Waals surface area contributed by atoms with Gasteiger partial charge in [-0.25, -0.2) is 4.79 Å². The molecule has 0 saturated heterocycles. The highest BCUT2D eigenvalue weighted by Crippen LogP contribution is 2.42. The van der Waals surface area contributed by atoms with Crippen LogP contribution >= 0.6 is 0 Å². The van der Waals surface area contributed by atoms with Gasteiger partial charge in [0.05, 0.1) is 35.4 Å². The minimum absolute atomic E-state index is 0.196. The zero-order chi connectivity index (χ0) is 29.9. The van der Waals surface area contributed by atoms with Crippen molar-refractivity contribution in [1.82, 2.24) is 9.47 Å². The molecule has 5 rings (SSSR count). The number of amides is 3. The Labute approximate surface area is 242 Å². The fourth-order valence-electron chi connectivity index (χ4n) is 5.24. The monoisotopic (exact) mass is 576 g/mol. The molecular weight excluding hydrogens is 545 g/mol. The van der Waals surface area contributed by atoms with Crippen LogP contribution in [0.15, 0.2) is 91.1 Å². The van der Waals surface area contributed by atoms with Crippen LogP contribution in [0, 0.1) is 0 Å². The molecule has 1 N–H and O–H groups in total. The topological polar surface area (TPSA) is 66.8 Å². The van der Waals surface area contributed by atoms with Crippen molar-refractivity contribution in [3.63, 3.8) is 0 Å². The van der Waals surface area contributed by atoms with Gasteiger partial charge in [0.1, 0.15) is 18.3 Å². The molecule has 0 saturated carbocycles. The van der Waals surface area contributed by atoms with Crippen LogP contribution < -0.4 is 15.0 Å². The molecule has 0 aliphatic carbocycles. The number of benzene rings is 3. The van der Waals surface area contributed by atoms with E-state index in [-0.39, 0.29) is 24.7 Å². The van der Waals surface area contributed by atoms with Crippen molar-refractivity contribution in [2.24, 2.45) is 0 Å². The number of nitrogens with zero attached hydrogens (tertiary/aromatic N) is 3. The molecule has 4 aromatic rings. The molecule has 7 nitrogen and oxygen atoms in total. The first-order valence-corrected chi connectivity index (χ1v) is 13.7. The lowest BCUT2D eigenvalue weighted by atomic mass is 9.97. The molecule has 3 amide bonds. The number of rotatable bonds is 8. The highest BCUT2D eigenvalue weighted by molar-refractivity contribution is 6.01. The van der Waals surface area contributed by atoms with Gasteiger partial charge in [0.2, 0.25) is 5.91 Å². The molecule has 0 bridgehead atoms. The molecule has 42 heavy (non-hydrogen) atoms. The minimum atomic E-state index is -4.65. The van der Waals surface area contributed by atoms with E-state index in [4.69, 9.17) is 4.74 Å². The van der Waals surface area contributed by atoms with E-state index in [1.54, 1.807) is 12.0 Å². The number of urea groups is 1. The molecule has 1 aliphatic heterocycles. The van der Waals surface area contributed by atoms with Crippen LogP contribution in [0.25, 0.3) is 5.69 Å². The van der Waals surface area contributed by atoms with Crippen LogP contribution in [0.3, 0.4) is 0 Å². The molecule has 1 aliphatic rings. The summed E-state index contributed by atoms with van der Waals surface area (Å²) in [7, 11) is 1.58.